The summed E-state index contributed by atoms with van der Waals surface area (Å²) < 4.78 is 75.1. The number of nitrogens with one attached hydrogen (secondary N) is 1. The first-order chi connectivity index (χ1) is 11.1. The third-order valence-electron chi connectivity index (χ3n) is 2.78. The molecule has 2 aromatic rings. The molecule has 0 aliphatic carbocycles. The van der Waals surface area contributed by atoms with Crippen LogP contribution in [-0.2, 0) is 11.0 Å². The quantitative estimate of drug-likeness (QED) is 0.742. The Morgan fingerprint density at radius 1 is 0.917 bits per heavy atom. The van der Waals surface area contributed by atoms with E-state index >= 15 is 0 Å². The molecule has 0 fully saturated rings. The van der Waals surface area contributed by atoms with E-state index in [9.17, 15) is 31.1 Å². The zero-order chi connectivity index (χ0) is 18.0. The van der Waals surface area contributed by atoms with Crippen molar-refractivity contribution < 1.29 is 31.1 Å². The number of hydrogen-bond acceptors (Lipinski definition) is 2. The van der Waals surface area contributed by atoms with Crippen molar-refractivity contribution in [3.8, 4) is 0 Å². The van der Waals surface area contributed by atoms with Crippen LogP contribution in [0, 0.1) is 0 Å². The van der Waals surface area contributed by atoms with E-state index in [1.807, 2.05) is 0 Å². The lowest BCUT2D eigenvalue weighted by atomic mass is 10.2. The normalized spacial score (nSPS) is 12.1. The monoisotopic (exact) mass is 365 g/mol. The van der Waals surface area contributed by atoms with Crippen LogP contribution in [0.15, 0.2) is 58.3 Å². The molecule has 0 unspecified atom stereocenters. The summed E-state index contributed by atoms with van der Waals surface area (Å²) in [4.78, 5) is 11.4. The van der Waals surface area contributed by atoms with Gasteiger partial charge in [0.25, 0.3) is 0 Å². The number of benzene rings is 2. The van der Waals surface area contributed by atoms with Crippen molar-refractivity contribution in [1.82, 2.24) is 0 Å². The number of rotatable bonds is 3. The summed E-state index contributed by atoms with van der Waals surface area (Å²) in [6.07, 6.45) is -9.59. The highest BCUT2D eigenvalue weighted by Crippen LogP contribution is 2.37. The molecule has 0 aromatic heterocycles. The molecule has 1 amide bonds. The van der Waals surface area contributed by atoms with E-state index in [4.69, 9.17) is 0 Å². The van der Waals surface area contributed by atoms with Crippen LogP contribution in [0.4, 0.5) is 32.0 Å². The molecule has 0 saturated carbocycles. The summed E-state index contributed by atoms with van der Waals surface area (Å²) in [5, 5.41) is 1.71. The van der Waals surface area contributed by atoms with Gasteiger partial charge in [-0.2, -0.15) is 26.3 Å². The molecule has 0 radical (unpaired) electrons. The van der Waals surface area contributed by atoms with Crippen LogP contribution in [0.2, 0.25) is 0 Å². The lowest BCUT2D eigenvalue weighted by Crippen LogP contribution is -2.30. The van der Waals surface area contributed by atoms with Gasteiger partial charge in [-0.15, -0.1) is 0 Å². The highest BCUT2D eigenvalue weighted by atomic mass is 32.2. The maximum atomic E-state index is 12.7. The maximum absolute atomic E-state index is 12.7. The van der Waals surface area contributed by atoms with Gasteiger partial charge in [0.15, 0.2) is 0 Å². The zero-order valence-corrected chi connectivity index (χ0v) is 12.5. The fourth-order valence-corrected chi connectivity index (χ4v) is 2.68. The van der Waals surface area contributed by atoms with Gasteiger partial charge in [-0.1, -0.05) is 30.0 Å². The van der Waals surface area contributed by atoms with Crippen molar-refractivity contribution in [1.29, 1.82) is 0 Å². The van der Waals surface area contributed by atoms with E-state index in [1.54, 1.807) is 5.32 Å². The molecule has 1 N–H and O–H groups in total. The number of carbonyl (C=O) groups is 1. The Morgan fingerprint density at radius 2 is 1.58 bits per heavy atom. The zero-order valence-electron chi connectivity index (χ0n) is 11.7. The summed E-state index contributed by atoms with van der Waals surface area (Å²) in [5.41, 5.74) is -1.01. The van der Waals surface area contributed by atoms with Crippen molar-refractivity contribution in [3.63, 3.8) is 0 Å². The first-order valence-corrected chi connectivity index (χ1v) is 7.21. The molecule has 128 valence electrons. The Kier molecular flexibility index (Phi) is 5.12. The molecule has 0 bridgehead atoms. The molecule has 2 nitrogen and oxygen atoms in total. The summed E-state index contributed by atoms with van der Waals surface area (Å²) in [7, 11) is 0. The number of halogens is 6. The van der Waals surface area contributed by atoms with Gasteiger partial charge in [-0.05, 0) is 30.3 Å². The molecular formula is C15H9F6NOS. The molecule has 0 spiro atoms. The van der Waals surface area contributed by atoms with E-state index in [2.05, 4.69) is 0 Å². The van der Waals surface area contributed by atoms with Gasteiger partial charge in [0.1, 0.15) is 0 Å². The number of hydrogen-bond donors (Lipinski definition) is 1. The predicted octanol–water partition coefficient (Wildman–Crippen LogP) is 5.36. The van der Waals surface area contributed by atoms with Crippen LogP contribution < -0.4 is 5.32 Å². The standard InChI is InChI=1S/C15H9F6NOS/c16-14(17,18)9-4-3-5-10(8-9)24-12-7-2-1-6-11(12)22-13(23)15(19,20)21/h1-8H,(H,22,23). The molecule has 24 heavy (non-hydrogen) atoms. The number of para-hydroxylation sites is 1. The van der Waals surface area contributed by atoms with Gasteiger partial charge in [0.05, 0.1) is 11.3 Å². The van der Waals surface area contributed by atoms with Crippen LogP contribution in [0.1, 0.15) is 5.56 Å². The highest BCUT2D eigenvalue weighted by Gasteiger charge is 2.39. The summed E-state index contributed by atoms with van der Waals surface area (Å²) in [5.74, 6) is -2.15. The fourth-order valence-electron chi connectivity index (χ4n) is 1.71. The molecule has 9 heteroatoms. The largest absolute Gasteiger partial charge is 0.471 e. The SMILES string of the molecule is O=C(Nc1ccccc1Sc1cccc(C(F)(F)F)c1)C(F)(F)F. The molecular weight excluding hydrogens is 356 g/mol. The summed E-state index contributed by atoms with van der Waals surface area (Å²) >= 11 is 0.815. The molecule has 0 atom stereocenters. The summed E-state index contributed by atoms with van der Waals surface area (Å²) in [6, 6.07) is 9.90. The second-order valence-corrected chi connectivity index (χ2v) is 5.69. The second kappa shape index (κ2) is 6.76. The van der Waals surface area contributed by atoms with Gasteiger partial charge in [0.2, 0.25) is 0 Å². The fraction of sp³-hybridized carbons (Fsp3) is 0.133. The average molecular weight is 365 g/mol. The molecule has 0 heterocycles. The van der Waals surface area contributed by atoms with Crippen LogP contribution in [-0.4, -0.2) is 12.1 Å². The minimum atomic E-state index is -5.06. The first-order valence-electron chi connectivity index (χ1n) is 6.39. The molecule has 0 aliphatic rings. The third kappa shape index (κ3) is 4.67. The van der Waals surface area contributed by atoms with Crippen molar-refractivity contribution >= 4 is 23.4 Å². The molecule has 0 aliphatic heterocycles. The maximum Gasteiger partial charge on any atom is 0.471 e. The van der Waals surface area contributed by atoms with E-state index < -0.39 is 23.8 Å². The Hall–Kier alpha value is -2.16. The van der Waals surface area contributed by atoms with E-state index in [1.165, 1.54) is 36.4 Å². The van der Waals surface area contributed by atoms with Gasteiger partial charge >= 0.3 is 18.3 Å². The van der Waals surface area contributed by atoms with Crippen molar-refractivity contribution in [3.05, 3.63) is 54.1 Å². The van der Waals surface area contributed by atoms with Gasteiger partial charge in [-0.3, -0.25) is 4.79 Å². The van der Waals surface area contributed by atoms with Crippen LogP contribution in [0.3, 0.4) is 0 Å². The Labute approximate surface area is 136 Å². The minimum absolute atomic E-state index is 0.137. The Bertz CT molecular complexity index is 741. The topological polar surface area (TPSA) is 29.1 Å². The van der Waals surface area contributed by atoms with Crippen molar-refractivity contribution in [2.45, 2.75) is 22.1 Å². The van der Waals surface area contributed by atoms with E-state index in [0.717, 1.165) is 23.9 Å². The lowest BCUT2D eigenvalue weighted by molar-refractivity contribution is -0.167. The number of amides is 1. The summed E-state index contributed by atoms with van der Waals surface area (Å²) in [6.45, 7) is 0. The van der Waals surface area contributed by atoms with Crippen molar-refractivity contribution in [2.24, 2.45) is 0 Å². The minimum Gasteiger partial charge on any atom is -0.317 e. The van der Waals surface area contributed by atoms with Crippen molar-refractivity contribution in [2.75, 3.05) is 5.32 Å². The van der Waals surface area contributed by atoms with E-state index in [0.29, 0.717) is 0 Å². The second-order valence-electron chi connectivity index (χ2n) is 4.58. The van der Waals surface area contributed by atoms with Gasteiger partial charge in [0, 0.05) is 9.79 Å². The molecule has 2 rings (SSSR count). The Balaban J connectivity index is 2.27. The molecule has 0 saturated heterocycles. The Morgan fingerprint density at radius 3 is 2.21 bits per heavy atom. The number of anilines is 1. The van der Waals surface area contributed by atoms with Gasteiger partial charge < -0.3 is 5.32 Å². The van der Waals surface area contributed by atoms with Gasteiger partial charge in [-0.25, -0.2) is 0 Å². The van der Waals surface area contributed by atoms with E-state index in [-0.39, 0.29) is 15.5 Å². The lowest BCUT2D eigenvalue weighted by Gasteiger charge is -2.13. The van der Waals surface area contributed by atoms with Crippen LogP contribution in [0.5, 0.6) is 0 Å². The molecule has 2 aromatic carbocycles. The number of carbonyl (C=O) groups excluding carboxylic acids is 1. The predicted molar refractivity (Wildman–Crippen MR) is 76.7 cm³/mol. The van der Waals surface area contributed by atoms with Crippen LogP contribution >= 0.6 is 11.8 Å². The highest BCUT2D eigenvalue weighted by molar-refractivity contribution is 7.99. The number of alkyl halides is 6. The van der Waals surface area contributed by atoms with Crippen LogP contribution in [0.25, 0.3) is 0 Å². The third-order valence-corrected chi connectivity index (χ3v) is 3.85. The average Bonchev–Trinajstić information content (AvgIpc) is 2.47. The smallest absolute Gasteiger partial charge is 0.317 e. The first kappa shape index (κ1) is 18.2.